The molecule has 3 aromatic heterocycles. The molecule has 10 heteroatoms. The summed E-state index contributed by atoms with van der Waals surface area (Å²) in [6.45, 7) is 0. The molecule has 0 fully saturated rings. The van der Waals surface area contributed by atoms with E-state index >= 15 is 0 Å². The van der Waals surface area contributed by atoms with Crippen molar-refractivity contribution in [2.45, 2.75) is 5.51 Å². The third-order valence-corrected chi connectivity index (χ3v) is 9.68. The first-order valence-corrected chi connectivity index (χ1v) is 15.1. The van der Waals surface area contributed by atoms with Crippen LogP contribution in [0.5, 0.6) is 5.75 Å². The minimum absolute atomic E-state index is 0.429. The lowest BCUT2D eigenvalue weighted by Crippen LogP contribution is -2.28. The van der Waals surface area contributed by atoms with Crippen molar-refractivity contribution in [2.24, 2.45) is 0 Å². The Balaban J connectivity index is 1.45. The van der Waals surface area contributed by atoms with Crippen LogP contribution in [-0.2, 0) is 10.1 Å². The molecule has 3 heterocycles. The maximum Gasteiger partial charge on any atom is 0.534 e. The number of rotatable bonds is 3. The second kappa shape index (κ2) is 8.67. The molecule has 0 saturated carbocycles. The van der Waals surface area contributed by atoms with Crippen molar-refractivity contribution in [1.82, 2.24) is 9.38 Å². The van der Waals surface area contributed by atoms with Crippen LogP contribution in [0.4, 0.5) is 13.2 Å². The van der Waals surface area contributed by atoms with Gasteiger partial charge in [-0.3, -0.25) is 4.40 Å². The van der Waals surface area contributed by atoms with E-state index in [9.17, 15) is 21.6 Å². The van der Waals surface area contributed by atoms with E-state index < -0.39 is 21.4 Å². The van der Waals surface area contributed by atoms with Gasteiger partial charge >= 0.3 is 15.6 Å². The van der Waals surface area contributed by atoms with E-state index in [0.717, 1.165) is 64.1 Å². The Hall–Kier alpha value is -4.67. The van der Waals surface area contributed by atoms with Crippen molar-refractivity contribution >= 4 is 79.9 Å². The zero-order chi connectivity index (χ0) is 28.8. The lowest BCUT2D eigenvalue weighted by Gasteiger charge is -2.12. The van der Waals surface area contributed by atoms with Gasteiger partial charge in [-0.05, 0) is 64.2 Å². The molecule has 0 bridgehead atoms. The van der Waals surface area contributed by atoms with Gasteiger partial charge in [0.25, 0.3) is 0 Å². The summed E-state index contributed by atoms with van der Waals surface area (Å²) in [6, 6.07) is 32.1. The highest BCUT2D eigenvalue weighted by Crippen LogP contribution is 2.44. The van der Waals surface area contributed by atoms with Crippen LogP contribution >= 0.6 is 11.3 Å². The molecule has 0 spiro atoms. The van der Waals surface area contributed by atoms with Crippen LogP contribution < -0.4 is 4.18 Å². The molecule has 0 atom stereocenters. The van der Waals surface area contributed by atoms with Crippen LogP contribution in [0, 0.1) is 0 Å². The lowest BCUT2D eigenvalue weighted by molar-refractivity contribution is -0.0500. The molecule has 5 aromatic carbocycles. The van der Waals surface area contributed by atoms with Gasteiger partial charge in [0.1, 0.15) is 5.75 Å². The molecule has 0 aliphatic carbocycles. The van der Waals surface area contributed by atoms with Gasteiger partial charge in [-0.1, -0.05) is 60.7 Å². The second-order valence-electron chi connectivity index (χ2n) is 9.97. The summed E-state index contributed by atoms with van der Waals surface area (Å²) >= 11 is 1.67. The van der Waals surface area contributed by atoms with E-state index in [4.69, 9.17) is 4.98 Å². The van der Waals surface area contributed by atoms with Gasteiger partial charge in [0.15, 0.2) is 5.65 Å². The van der Waals surface area contributed by atoms with Crippen molar-refractivity contribution in [3.63, 3.8) is 0 Å². The summed E-state index contributed by atoms with van der Waals surface area (Å²) in [5.74, 6) is -0.429. The van der Waals surface area contributed by atoms with Gasteiger partial charge in [-0.2, -0.15) is 21.6 Å². The minimum Gasteiger partial charge on any atom is -0.376 e. The lowest BCUT2D eigenvalue weighted by atomic mass is 10.0. The first-order valence-electron chi connectivity index (χ1n) is 12.9. The molecule has 8 aromatic rings. The fourth-order valence-corrected chi connectivity index (χ4v) is 7.31. The SMILES string of the molecule is O=S(=O)(Oc1ccc(-c2cc3c(sc4ccc5ccccc5c43)c3nc4c5ccccc5ccc4n23)cc1)C(F)(F)F. The van der Waals surface area contributed by atoms with Crippen LogP contribution in [0.15, 0.2) is 103 Å². The van der Waals surface area contributed by atoms with Gasteiger partial charge in [-0.25, -0.2) is 4.98 Å². The van der Waals surface area contributed by atoms with E-state index in [1.165, 1.54) is 12.1 Å². The average Bonchev–Trinajstić information content (AvgIpc) is 3.56. The van der Waals surface area contributed by atoms with E-state index in [1.807, 2.05) is 48.5 Å². The maximum absolute atomic E-state index is 12.9. The first kappa shape index (κ1) is 25.1. The quantitative estimate of drug-likeness (QED) is 0.150. The van der Waals surface area contributed by atoms with E-state index in [-0.39, 0.29) is 0 Å². The number of thiophene rings is 1. The molecular formula is C32H17F3N2O3S2. The highest BCUT2D eigenvalue weighted by atomic mass is 32.2. The van der Waals surface area contributed by atoms with Crippen LogP contribution in [-0.4, -0.2) is 23.3 Å². The highest BCUT2D eigenvalue weighted by Gasteiger charge is 2.48. The number of halogens is 3. The monoisotopic (exact) mass is 598 g/mol. The summed E-state index contributed by atoms with van der Waals surface area (Å²) in [6.07, 6.45) is 0. The van der Waals surface area contributed by atoms with Gasteiger partial charge < -0.3 is 4.18 Å². The van der Waals surface area contributed by atoms with Gasteiger partial charge in [-0.15, -0.1) is 11.3 Å². The highest BCUT2D eigenvalue weighted by molar-refractivity contribution is 7.88. The number of aromatic nitrogens is 2. The molecule has 0 unspecified atom stereocenters. The molecule has 0 saturated heterocycles. The smallest absolute Gasteiger partial charge is 0.376 e. The molecule has 206 valence electrons. The number of pyridine rings is 1. The van der Waals surface area contributed by atoms with Gasteiger partial charge in [0.2, 0.25) is 0 Å². The summed E-state index contributed by atoms with van der Waals surface area (Å²) in [5.41, 5.74) is -1.63. The summed E-state index contributed by atoms with van der Waals surface area (Å²) in [5, 5.41) is 6.39. The number of fused-ring (bicyclic) bond motifs is 11. The number of hydrogen-bond donors (Lipinski definition) is 0. The summed E-state index contributed by atoms with van der Waals surface area (Å²) in [7, 11) is -5.78. The fraction of sp³-hybridized carbons (Fsp3) is 0.0312. The Bertz CT molecular complexity index is 2500. The van der Waals surface area contributed by atoms with Crippen LogP contribution in [0.2, 0.25) is 0 Å². The standard InChI is InChI=1S/C32H17F3N2O3S2/c33-32(34,35)42(38,39)40-21-13-9-20(10-14-21)26-17-24-28-22-7-3-1-5-18(22)12-16-27(28)41-30(24)31-36-29-23-8-4-2-6-19(23)11-15-25(29)37(26)31/h1-17H. The number of alkyl halides is 3. The second-order valence-corrected chi connectivity index (χ2v) is 12.6. The Kier molecular flexibility index (Phi) is 5.17. The Morgan fingerprint density at radius 1 is 0.762 bits per heavy atom. The maximum atomic E-state index is 12.9. The third kappa shape index (κ3) is 3.61. The molecule has 42 heavy (non-hydrogen) atoms. The molecule has 0 amide bonds. The zero-order valence-electron chi connectivity index (χ0n) is 21.4. The molecule has 0 aliphatic rings. The minimum atomic E-state index is -5.78. The molecule has 0 radical (unpaired) electrons. The van der Waals surface area contributed by atoms with Crippen molar-refractivity contribution in [3.8, 4) is 17.0 Å². The zero-order valence-corrected chi connectivity index (χ0v) is 23.0. The summed E-state index contributed by atoms with van der Waals surface area (Å²) in [4.78, 5) is 5.17. The van der Waals surface area contributed by atoms with Crippen molar-refractivity contribution < 1.29 is 25.8 Å². The Morgan fingerprint density at radius 2 is 1.43 bits per heavy atom. The predicted molar refractivity (Wildman–Crippen MR) is 162 cm³/mol. The summed E-state index contributed by atoms with van der Waals surface area (Å²) < 4.78 is 70.3. The van der Waals surface area contributed by atoms with Crippen molar-refractivity contribution in [3.05, 3.63) is 103 Å². The van der Waals surface area contributed by atoms with Crippen LogP contribution in [0.3, 0.4) is 0 Å². The number of benzene rings is 5. The number of hydrogen-bond acceptors (Lipinski definition) is 5. The number of imidazole rings is 1. The molecule has 8 rings (SSSR count). The van der Waals surface area contributed by atoms with E-state index in [0.29, 0.717) is 5.56 Å². The first-order chi connectivity index (χ1) is 20.2. The molecular weight excluding hydrogens is 581 g/mol. The molecule has 0 aliphatic heterocycles. The fourth-order valence-electron chi connectivity index (χ4n) is 5.67. The van der Waals surface area contributed by atoms with E-state index in [1.54, 1.807) is 23.5 Å². The largest absolute Gasteiger partial charge is 0.534 e. The van der Waals surface area contributed by atoms with E-state index in [2.05, 4.69) is 38.9 Å². The van der Waals surface area contributed by atoms with Gasteiger partial charge in [0.05, 0.1) is 21.4 Å². The predicted octanol–water partition coefficient (Wildman–Crippen LogP) is 9.06. The van der Waals surface area contributed by atoms with Crippen molar-refractivity contribution in [1.29, 1.82) is 0 Å². The third-order valence-electron chi connectivity index (χ3n) is 7.53. The Labute approximate surface area is 240 Å². The number of nitrogens with zero attached hydrogens (tertiary/aromatic N) is 2. The van der Waals surface area contributed by atoms with Crippen molar-refractivity contribution in [2.75, 3.05) is 0 Å². The normalized spacial score (nSPS) is 12.8. The molecule has 0 N–H and O–H groups in total. The van der Waals surface area contributed by atoms with Crippen LogP contribution in [0.1, 0.15) is 0 Å². The Morgan fingerprint density at radius 3 is 2.17 bits per heavy atom. The van der Waals surface area contributed by atoms with Crippen LogP contribution in [0.25, 0.3) is 69.7 Å². The average molecular weight is 599 g/mol. The van der Waals surface area contributed by atoms with Gasteiger partial charge in [0, 0.05) is 20.9 Å². The molecule has 5 nitrogen and oxygen atoms in total. The topological polar surface area (TPSA) is 60.7 Å².